The first-order valence-electron chi connectivity index (χ1n) is 11.6. The number of rotatable bonds is 7. The van der Waals surface area contributed by atoms with E-state index in [1.54, 1.807) is 30.3 Å². The molecule has 0 spiro atoms. The molecular formula is C25H29BrN4O4S. The van der Waals surface area contributed by atoms with E-state index >= 15 is 0 Å². The molecule has 4 N–H and O–H groups in total. The SMILES string of the molecule is CCc1ccc(OCC(=O)NC(=S)NNC(=O)c2ccc(NC(=O)C3CCCCC3)cc2)c(Br)c1. The van der Waals surface area contributed by atoms with Crippen molar-refractivity contribution in [3.8, 4) is 5.75 Å². The molecule has 10 heteroatoms. The molecule has 2 aromatic rings. The van der Waals surface area contributed by atoms with Gasteiger partial charge in [0.15, 0.2) is 11.7 Å². The highest BCUT2D eigenvalue weighted by Crippen LogP contribution is 2.26. The average Bonchev–Trinajstić information content (AvgIpc) is 2.87. The molecule has 3 rings (SSSR count). The van der Waals surface area contributed by atoms with E-state index in [0.29, 0.717) is 17.0 Å². The van der Waals surface area contributed by atoms with Crippen LogP contribution in [0.1, 0.15) is 54.9 Å². The Balaban J connectivity index is 1.39. The molecule has 1 fully saturated rings. The minimum absolute atomic E-state index is 0.0268. The summed E-state index contributed by atoms with van der Waals surface area (Å²) in [6.07, 6.45) is 6.10. The van der Waals surface area contributed by atoms with Crippen LogP contribution in [0.3, 0.4) is 0 Å². The summed E-state index contributed by atoms with van der Waals surface area (Å²) in [5.74, 6) is -0.285. The second kappa shape index (κ2) is 13.2. The summed E-state index contributed by atoms with van der Waals surface area (Å²) in [6.45, 7) is 1.81. The normalized spacial score (nSPS) is 13.4. The molecule has 0 heterocycles. The molecule has 0 bridgehead atoms. The van der Waals surface area contributed by atoms with E-state index in [9.17, 15) is 14.4 Å². The molecule has 0 aromatic heterocycles. The highest BCUT2D eigenvalue weighted by Gasteiger charge is 2.21. The smallest absolute Gasteiger partial charge is 0.269 e. The number of halogens is 1. The van der Waals surface area contributed by atoms with Crippen molar-refractivity contribution >= 4 is 56.7 Å². The van der Waals surface area contributed by atoms with Crippen LogP contribution in [0.25, 0.3) is 0 Å². The third-order valence-corrected chi connectivity index (χ3v) is 6.52. The molecule has 186 valence electrons. The van der Waals surface area contributed by atoms with Crippen molar-refractivity contribution in [2.75, 3.05) is 11.9 Å². The maximum Gasteiger partial charge on any atom is 0.269 e. The lowest BCUT2D eigenvalue weighted by Gasteiger charge is -2.20. The minimum atomic E-state index is -0.471. The molecule has 0 radical (unpaired) electrons. The Morgan fingerprint density at radius 1 is 1.03 bits per heavy atom. The van der Waals surface area contributed by atoms with Gasteiger partial charge >= 0.3 is 0 Å². The van der Waals surface area contributed by atoms with E-state index in [-0.39, 0.29) is 23.5 Å². The van der Waals surface area contributed by atoms with Crippen LogP contribution >= 0.6 is 28.1 Å². The Hall–Kier alpha value is -2.98. The highest BCUT2D eigenvalue weighted by atomic mass is 79.9. The predicted octanol–water partition coefficient (Wildman–Crippen LogP) is 4.24. The number of thiocarbonyl (C=S) groups is 1. The largest absolute Gasteiger partial charge is 0.483 e. The maximum atomic E-state index is 12.4. The van der Waals surface area contributed by atoms with E-state index in [1.165, 1.54) is 6.42 Å². The molecule has 1 aliphatic rings. The van der Waals surface area contributed by atoms with Gasteiger partial charge in [0.05, 0.1) is 4.47 Å². The molecule has 0 saturated heterocycles. The lowest BCUT2D eigenvalue weighted by Crippen LogP contribution is -2.49. The number of hydrogen-bond acceptors (Lipinski definition) is 5. The first-order chi connectivity index (χ1) is 16.9. The topological polar surface area (TPSA) is 109 Å². The number of ether oxygens (including phenoxy) is 1. The Labute approximate surface area is 218 Å². The summed E-state index contributed by atoms with van der Waals surface area (Å²) in [4.78, 5) is 36.8. The number of nitrogens with one attached hydrogen (secondary N) is 4. The zero-order valence-electron chi connectivity index (χ0n) is 19.5. The lowest BCUT2D eigenvalue weighted by molar-refractivity contribution is -0.122. The van der Waals surface area contributed by atoms with Gasteiger partial charge < -0.3 is 10.1 Å². The number of carbonyl (C=O) groups excluding carboxylic acids is 3. The first-order valence-corrected chi connectivity index (χ1v) is 12.8. The number of amides is 3. The van der Waals surface area contributed by atoms with E-state index in [4.69, 9.17) is 17.0 Å². The Bertz CT molecular complexity index is 1070. The Morgan fingerprint density at radius 2 is 1.74 bits per heavy atom. The van der Waals surface area contributed by atoms with Gasteiger partial charge in [-0.25, -0.2) is 0 Å². The van der Waals surface area contributed by atoms with E-state index in [0.717, 1.165) is 42.1 Å². The third-order valence-electron chi connectivity index (χ3n) is 5.70. The van der Waals surface area contributed by atoms with Gasteiger partial charge in [-0.05, 0) is 89.4 Å². The molecule has 0 aliphatic heterocycles. The van der Waals surface area contributed by atoms with Crippen LogP contribution in [0.2, 0.25) is 0 Å². The highest BCUT2D eigenvalue weighted by molar-refractivity contribution is 9.10. The molecule has 0 unspecified atom stereocenters. The number of carbonyl (C=O) groups is 3. The second-order valence-electron chi connectivity index (χ2n) is 8.26. The van der Waals surface area contributed by atoms with Gasteiger partial charge in [0.2, 0.25) is 5.91 Å². The molecule has 1 aliphatic carbocycles. The van der Waals surface area contributed by atoms with Gasteiger partial charge in [0.1, 0.15) is 5.75 Å². The van der Waals surface area contributed by atoms with E-state index < -0.39 is 11.8 Å². The molecule has 0 atom stereocenters. The van der Waals surface area contributed by atoms with Gasteiger partial charge in [0, 0.05) is 17.2 Å². The van der Waals surface area contributed by atoms with E-state index in [1.807, 2.05) is 12.1 Å². The van der Waals surface area contributed by atoms with Crippen LogP contribution in [0.15, 0.2) is 46.9 Å². The number of anilines is 1. The van der Waals surface area contributed by atoms with Crippen LogP contribution in [0.4, 0.5) is 5.69 Å². The van der Waals surface area contributed by atoms with E-state index in [2.05, 4.69) is 44.3 Å². The lowest BCUT2D eigenvalue weighted by atomic mass is 9.88. The van der Waals surface area contributed by atoms with Crippen molar-refractivity contribution in [3.63, 3.8) is 0 Å². The van der Waals surface area contributed by atoms with Crippen molar-refractivity contribution in [1.82, 2.24) is 16.2 Å². The Kier molecular flexibility index (Phi) is 10.0. The van der Waals surface area contributed by atoms with Gasteiger partial charge in [-0.2, -0.15) is 0 Å². The number of hydrazine groups is 1. The number of aryl methyl sites for hydroxylation is 1. The van der Waals surface area contributed by atoms with Crippen LogP contribution in [-0.2, 0) is 16.0 Å². The fourth-order valence-corrected chi connectivity index (χ4v) is 4.42. The second-order valence-corrected chi connectivity index (χ2v) is 9.53. The average molecular weight is 562 g/mol. The van der Waals surface area contributed by atoms with Crippen LogP contribution < -0.4 is 26.2 Å². The molecule has 2 aromatic carbocycles. The molecule has 3 amide bonds. The zero-order chi connectivity index (χ0) is 25.2. The Morgan fingerprint density at radius 3 is 2.40 bits per heavy atom. The summed E-state index contributed by atoms with van der Waals surface area (Å²) in [7, 11) is 0. The molecule has 1 saturated carbocycles. The number of hydrogen-bond donors (Lipinski definition) is 4. The fourth-order valence-electron chi connectivity index (χ4n) is 3.72. The summed E-state index contributed by atoms with van der Waals surface area (Å²) in [5, 5.41) is 5.29. The van der Waals surface area contributed by atoms with Crippen LogP contribution in [0, 0.1) is 5.92 Å². The summed E-state index contributed by atoms with van der Waals surface area (Å²) in [5.41, 5.74) is 7.08. The summed E-state index contributed by atoms with van der Waals surface area (Å²) >= 11 is 8.47. The summed E-state index contributed by atoms with van der Waals surface area (Å²) < 4.78 is 6.27. The number of benzene rings is 2. The molecule has 35 heavy (non-hydrogen) atoms. The quantitative estimate of drug-likeness (QED) is 0.298. The summed E-state index contributed by atoms with van der Waals surface area (Å²) in [6, 6.07) is 12.2. The van der Waals surface area contributed by atoms with Crippen molar-refractivity contribution < 1.29 is 19.1 Å². The van der Waals surface area contributed by atoms with Gasteiger partial charge in [0.25, 0.3) is 11.8 Å². The van der Waals surface area contributed by atoms with Crippen molar-refractivity contribution in [3.05, 3.63) is 58.1 Å². The van der Waals surface area contributed by atoms with Crippen molar-refractivity contribution in [2.24, 2.45) is 5.92 Å². The first kappa shape index (κ1) is 26.6. The predicted molar refractivity (Wildman–Crippen MR) is 142 cm³/mol. The monoisotopic (exact) mass is 560 g/mol. The molecular weight excluding hydrogens is 532 g/mol. The maximum absolute atomic E-state index is 12.4. The standard InChI is InChI=1S/C25H29BrN4O4S/c1-2-16-8-13-21(20(26)14-16)34-15-22(31)28-25(35)30-29-24(33)18-9-11-19(12-10-18)27-23(32)17-6-4-3-5-7-17/h8-14,17H,2-7,15H2,1H3,(H,27,32)(H,29,33)(H2,28,30,31,35). The van der Waals surface area contributed by atoms with Crippen molar-refractivity contribution in [1.29, 1.82) is 0 Å². The minimum Gasteiger partial charge on any atom is -0.483 e. The zero-order valence-corrected chi connectivity index (χ0v) is 21.9. The van der Waals surface area contributed by atoms with Gasteiger partial charge in [-0.15, -0.1) is 0 Å². The molecule has 8 nitrogen and oxygen atoms in total. The van der Waals surface area contributed by atoms with Crippen molar-refractivity contribution in [2.45, 2.75) is 45.4 Å². The third kappa shape index (κ3) is 8.32. The fraction of sp³-hybridized carbons (Fsp3) is 0.360. The van der Waals surface area contributed by atoms with Gasteiger partial charge in [-0.1, -0.05) is 32.3 Å². The van der Waals surface area contributed by atoms with Crippen LogP contribution in [-0.4, -0.2) is 29.4 Å². The van der Waals surface area contributed by atoms with Crippen LogP contribution in [0.5, 0.6) is 5.75 Å². The van der Waals surface area contributed by atoms with Gasteiger partial charge in [-0.3, -0.25) is 30.6 Å².